The number of halogens is 1. The van der Waals surface area contributed by atoms with Crippen molar-refractivity contribution in [3.05, 3.63) is 48.3 Å². The van der Waals surface area contributed by atoms with E-state index in [1.807, 2.05) is 30.5 Å². The molecular formula is C13H11FOS. The van der Waals surface area contributed by atoms with E-state index in [0.717, 1.165) is 11.1 Å². The van der Waals surface area contributed by atoms with Crippen LogP contribution in [0.25, 0.3) is 11.1 Å². The Bertz CT molecular complexity index is 494. The molecule has 2 aromatic rings. The number of hydrogen-bond donors (Lipinski definition) is 1. The normalized spacial score (nSPS) is 10.4. The molecule has 0 aromatic heterocycles. The molecule has 1 N–H and O–H groups in total. The second kappa shape index (κ2) is 4.58. The maximum atomic E-state index is 12.9. The van der Waals surface area contributed by atoms with Gasteiger partial charge in [-0.25, -0.2) is 4.39 Å². The van der Waals surface area contributed by atoms with E-state index in [9.17, 15) is 9.50 Å². The third-order valence-corrected chi connectivity index (χ3v) is 3.11. The van der Waals surface area contributed by atoms with Crippen molar-refractivity contribution in [1.82, 2.24) is 0 Å². The lowest BCUT2D eigenvalue weighted by Crippen LogP contribution is -1.81. The summed E-state index contributed by atoms with van der Waals surface area (Å²) in [6.07, 6.45) is 2.01. The fourth-order valence-corrected chi connectivity index (χ4v) is 1.88. The Morgan fingerprint density at radius 3 is 2.19 bits per heavy atom. The molecule has 16 heavy (non-hydrogen) atoms. The fourth-order valence-electron chi connectivity index (χ4n) is 1.48. The maximum Gasteiger partial charge on any atom is 0.164 e. The molecule has 0 aliphatic carbocycles. The van der Waals surface area contributed by atoms with Crippen LogP contribution in [0, 0.1) is 5.82 Å². The third kappa shape index (κ3) is 2.19. The minimum Gasteiger partial charge on any atom is -0.505 e. The number of aromatic hydroxyl groups is 1. The van der Waals surface area contributed by atoms with Gasteiger partial charge >= 0.3 is 0 Å². The summed E-state index contributed by atoms with van der Waals surface area (Å²) in [6, 6.07) is 12.3. The molecule has 0 spiro atoms. The molecule has 3 heteroatoms. The Morgan fingerprint density at radius 1 is 1.00 bits per heavy atom. The molecule has 0 aliphatic heterocycles. The fraction of sp³-hybridized carbons (Fsp3) is 0.0769. The van der Waals surface area contributed by atoms with E-state index in [0.29, 0.717) is 0 Å². The average molecular weight is 234 g/mol. The number of hydrogen-bond acceptors (Lipinski definition) is 2. The predicted octanol–water partition coefficient (Wildman–Crippen LogP) is 3.92. The van der Waals surface area contributed by atoms with Crippen LogP contribution in [0.4, 0.5) is 4.39 Å². The number of rotatable bonds is 2. The molecule has 0 aliphatic rings. The molecule has 0 unspecified atom stereocenters. The Kier molecular flexibility index (Phi) is 3.15. The van der Waals surface area contributed by atoms with Crippen LogP contribution >= 0.6 is 11.8 Å². The highest BCUT2D eigenvalue weighted by Gasteiger charge is 2.03. The second-order valence-electron chi connectivity index (χ2n) is 3.39. The second-order valence-corrected chi connectivity index (χ2v) is 4.27. The average Bonchev–Trinajstić information content (AvgIpc) is 2.33. The Labute approximate surface area is 97.9 Å². The first-order chi connectivity index (χ1) is 7.70. The van der Waals surface area contributed by atoms with Crippen molar-refractivity contribution in [2.45, 2.75) is 4.90 Å². The van der Waals surface area contributed by atoms with Crippen LogP contribution in [-0.2, 0) is 0 Å². The van der Waals surface area contributed by atoms with E-state index in [4.69, 9.17) is 0 Å². The van der Waals surface area contributed by atoms with E-state index >= 15 is 0 Å². The molecule has 0 atom stereocenters. The van der Waals surface area contributed by atoms with E-state index in [1.165, 1.54) is 17.0 Å². The van der Waals surface area contributed by atoms with Gasteiger partial charge in [0.05, 0.1) is 0 Å². The molecule has 2 rings (SSSR count). The van der Waals surface area contributed by atoms with Crippen LogP contribution in [0.1, 0.15) is 0 Å². The SMILES string of the molecule is CSc1ccc(-c2ccc(F)c(O)c2)cc1. The van der Waals surface area contributed by atoms with E-state index in [1.54, 1.807) is 17.8 Å². The number of phenolic OH excluding ortho intramolecular Hbond substituents is 1. The van der Waals surface area contributed by atoms with Gasteiger partial charge < -0.3 is 5.11 Å². The van der Waals surface area contributed by atoms with Gasteiger partial charge in [0.25, 0.3) is 0 Å². The van der Waals surface area contributed by atoms with Gasteiger partial charge in [0, 0.05) is 4.90 Å². The summed E-state index contributed by atoms with van der Waals surface area (Å²) >= 11 is 1.67. The van der Waals surface area contributed by atoms with Gasteiger partial charge in [-0.3, -0.25) is 0 Å². The lowest BCUT2D eigenvalue weighted by molar-refractivity contribution is 0.433. The highest BCUT2D eigenvalue weighted by molar-refractivity contribution is 7.98. The first-order valence-electron chi connectivity index (χ1n) is 4.83. The molecule has 0 saturated heterocycles. The quantitative estimate of drug-likeness (QED) is 0.795. The van der Waals surface area contributed by atoms with Crippen molar-refractivity contribution in [1.29, 1.82) is 0 Å². The third-order valence-electron chi connectivity index (χ3n) is 2.37. The first kappa shape index (κ1) is 11.0. The first-order valence-corrected chi connectivity index (χ1v) is 6.06. The van der Waals surface area contributed by atoms with Crippen LogP contribution in [0.2, 0.25) is 0 Å². The molecule has 0 saturated carbocycles. The molecular weight excluding hydrogens is 223 g/mol. The van der Waals surface area contributed by atoms with E-state index in [2.05, 4.69) is 0 Å². The lowest BCUT2D eigenvalue weighted by Gasteiger charge is -2.04. The Balaban J connectivity index is 2.38. The molecule has 0 amide bonds. The smallest absolute Gasteiger partial charge is 0.164 e. The molecule has 82 valence electrons. The summed E-state index contributed by atoms with van der Waals surface area (Å²) in [7, 11) is 0. The van der Waals surface area contributed by atoms with Crippen molar-refractivity contribution in [2.24, 2.45) is 0 Å². The van der Waals surface area contributed by atoms with Gasteiger partial charge in [-0.1, -0.05) is 18.2 Å². The minimum atomic E-state index is -0.593. The Morgan fingerprint density at radius 2 is 1.62 bits per heavy atom. The molecule has 2 aromatic carbocycles. The molecule has 0 fully saturated rings. The highest BCUT2D eigenvalue weighted by Crippen LogP contribution is 2.27. The summed E-state index contributed by atoms with van der Waals surface area (Å²) in [6.45, 7) is 0. The summed E-state index contributed by atoms with van der Waals surface area (Å²) in [5.41, 5.74) is 1.78. The highest BCUT2D eigenvalue weighted by atomic mass is 32.2. The topological polar surface area (TPSA) is 20.2 Å². The van der Waals surface area contributed by atoms with Crippen LogP contribution in [-0.4, -0.2) is 11.4 Å². The van der Waals surface area contributed by atoms with Gasteiger partial charge in [0.2, 0.25) is 0 Å². The largest absolute Gasteiger partial charge is 0.505 e. The zero-order valence-electron chi connectivity index (χ0n) is 8.77. The summed E-state index contributed by atoms with van der Waals surface area (Å²) in [5, 5.41) is 9.28. The van der Waals surface area contributed by atoms with Crippen molar-refractivity contribution in [2.75, 3.05) is 6.26 Å². The zero-order chi connectivity index (χ0) is 11.5. The summed E-state index contributed by atoms with van der Waals surface area (Å²) < 4.78 is 12.9. The van der Waals surface area contributed by atoms with E-state index < -0.39 is 5.82 Å². The lowest BCUT2D eigenvalue weighted by atomic mass is 10.1. The van der Waals surface area contributed by atoms with E-state index in [-0.39, 0.29) is 5.75 Å². The van der Waals surface area contributed by atoms with Crippen LogP contribution in [0.3, 0.4) is 0 Å². The van der Waals surface area contributed by atoms with Crippen LogP contribution in [0.15, 0.2) is 47.4 Å². The number of phenols is 1. The van der Waals surface area contributed by atoms with Gasteiger partial charge in [-0.05, 0) is 41.6 Å². The molecule has 0 bridgehead atoms. The summed E-state index contributed by atoms with van der Waals surface area (Å²) in [5.74, 6) is -0.907. The van der Waals surface area contributed by atoms with Crippen molar-refractivity contribution < 1.29 is 9.50 Å². The van der Waals surface area contributed by atoms with Crippen LogP contribution in [0.5, 0.6) is 5.75 Å². The van der Waals surface area contributed by atoms with Gasteiger partial charge in [-0.2, -0.15) is 0 Å². The van der Waals surface area contributed by atoms with Crippen LogP contribution < -0.4 is 0 Å². The van der Waals surface area contributed by atoms with Crippen molar-refractivity contribution in [3.8, 4) is 16.9 Å². The van der Waals surface area contributed by atoms with Crippen molar-refractivity contribution in [3.63, 3.8) is 0 Å². The molecule has 0 heterocycles. The number of benzene rings is 2. The zero-order valence-corrected chi connectivity index (χ0v) is 9.59. The van der Waals surface area contributed by atoms with Crippen molar-refractivity contribution >= 4 is 11.8 Å². The monoisotopic (exact) mass is 234 g/mol. The van der Waals surface area contributed by atoms with Gasteiger partial charge in [-0.15, -0.1) is 11.8 Å². The van der Waals surface area contributed by atoms with Gasteiger partial charge in [0.15, 0.2) is 11.6 Å². The molecule has 1 nitrogen and oxygen atoms in total. The standard InChI is InChI=1S/C13H11FOS/c1-16-11-5-2-9(3-6-11)10-4-7-12(14)13(15)8-10/h2-8,15H,1H3. The molecule has 0 radical (unpaired) electrons. The minimum absolute atomic E-state index is 0.313. The van der Waals surface area contributed by atoms with Gasteiger partial charge in [0.1, 0.15) is 0 Å². The Hall–Kier alpha value is -1.48. The number of thioether (sulfide) groups is 1. The predicted molar refractivity (Wildman–Crippen MR) is 65.3 cm³/mol. The maximum absolute atomic E-state index is 12.9. The summed E-state index contributed by atoms with van der Waals surface area (Å²) in [4.78, 5) is 1.18.